The molecule has 0 aromatic heterocycles. The Morgan fingerprint density at radius 1 is 1.04 bits per heavy atom. The van der Waals surface area contributed by atoms with E-state index in [1.54, 1.807) is 24.3 Å². The van der Waals surface area contributed by atoms with Crippen LogP contribution in [0, 0.1) is 16.0 Å². The number of rotatable bonds is 9. The van der Waals surface area contributed by atoms with Gasteiger partial charge in [0.15, 0.2) is 6.61 Å². The van der Waals surface area contributed by atoms with E-state index >= 15 is 0 Å². The molecule has 26 heavy (non-hydrogen) atoms. The molecule has 0 aliphatic carbocycles. The Bertz CT molecular complexity index is 727. The van der Waals surface area contributed by atoms with E-state index in [9.17, 15) is 14.9 Å². The van der Waals surface area contributed by atoms with Crippen molar-refractivity contribution in [3.8, 4) is 11.5 Å². The third-order valence-corrected chi connectivity index (χ3v) is 3.52. The molecule has 0 saturated heterocycles. The lowest BCUT2D eigenvalue weighted by molar-refractivity contribution is -0.384. The number of nitrogens with one attached hydrogen (secondary N) is 1. The molecule has 0 aliphatic rings. The second kappa shape index (κ2) is 9.41. The summed E-state index contributed by atoms with van der Waals surface area (Å²) >= 11 is 0. The Balaban J connectivity index is 1.77. The Kier molecular flexibility index (Phi) is 6.96. The number of amides is 1. The summed E-state index contributed by atoms with van der Waals surface area (Å²) in [6.45, 7) is 4.78. The van der Waals surface area contributed by atoms with Crippen molar-refractivity contribution >= 4 is 17.3 Å². The van der Waals surface area contributed by atoms with E-state index in [1.807, 2.05) is 0 Å². The SMILES string of the molecule is CC(C)CCOc1ccc(OCC(=O)Nc2ccc([N+](=O)[O-])cc2)cc1. The monoisotopic (exact) mass is 358 g/mol. The zero-order chi connectivity index (χ0) is 18.9. The summed E-state index contributed by atoms with van der Waals surface area (Å²) < 4.78 is 11.0. The van der Waals surface area contributed by atoms with Crippen molar-refractivity contribution in [3.05, 3.63) is 58.6 Å². The van der Waals surface area contributed by atoms with Crippen LogP contribution in [-0.2, 0) is 4.79 Å². The number of benzene rings is 2. The molecule has 0 aliphatic heterocycles. The molecule has 0 bridgehead atoms. The number of ether oxygens (including phenoxy) is 2. The third-order valence-electron chi connectivity index (χ3n) is 3.52. The van der Waals surface area contributed by atoms with Crippen molar-refractivity contribution in [2.45, 2.75) is 20.3 Å². The fraction of sp³-hybridized carbons (Fsp3) is 0.316. The lowest BCUT2D eigenvalue weighted by Crippen LogP contribution is -2.20. The van der Waals surface area contributed by atoms with Gasteiger partial charge in [-0.1, -0.05) is 13.8 Å². The number of hydrogen-bond acceptors (Lipinski definition) is 5. The average Bonchev–Trinajstić information content (AvgIpc) is 2.61. The van der Waals surface area contributed by atoms with Gasteiger partial charge in [0.2, 0.25) is 0 Å². The molecule has 2 aromatic carbocycles. The summed E-state index contributed by atoms with van der Waals surface area (Å²) in [6, 6.07) is 12.7. The number of carbonyl (C=O) groups is 1. The molecular formula is C19H22N2O5. The van der Waals surface area contributed by atoms with Crippen molar-refractivity contribution in [1.82, 2.24) is 0 Å². The Morgan fingerprint density at radius 2 is 1.62 bits per heavy atom. The molecule has 0 saturated carbocycles. The van der Waals surface area contributed by atoms with Crippen LogP contribution in [0.5, 0.6) is 11.5 Å². The van der Waals surface area contributed by atoms with Gasteiger partial charge in [-0.05, 0) is 48.7 Å². The predicted molar refractivity (Wildman–Crippen MR) is 98.6 cm³/mol. The molecule has 138 valence electrons. The van der Waals surface area contributed by atoms with Gasteiger partial charge in [-0.25, -0.2) is 0 Å². The van der Waals surface area contributed by atoms with Crippen LogP contribution in [0.15, 0.2) is 48.5 Å². The molecule has 1 amide bonds. The zero-order valence-electron chi connectivity index (χ0n) is 14.8. The average molecular weight is 358 g/mol. The van der Waals surface area contributed by atoms with Crippen LogP contribution in [-0.4, -0.2) is 24.0 Å². The molecule has 0 fully saturated rings. The lowest BCUT2D eigenvalue weighted by Gasteiger charge is -2.10. The number of nitrogens with zero attached hydrogens (tertiary/aromatic N) is 1. The number of hydrogen-bond donors (Lipinski definition) is 1. The van der Waals surface area contributed by atoms with E-state index < -0.39 is 4.92 Å². The number of nitro benzene ring substituents is 1. The molecule has 2 rings (SSSR count). The highest BCUT2D eigenvalue weighted by atomic mass is 16.6. The first-order valence-electron chi connectivity index (χ1n) is 8.34. The first-order chi connectivity index (χ1) is 12.4. The number of non-ortho nitro benzene ring substituents is 1. The summed E-state index contributed by atoms with van der Waals surface area (Å²) in [5, 5.41) is 13.2. The summed E-state index contributed by atoms with van der Waals surface area (Å²) in [4.78, 5) is 22.0. The number of carbonyl (C=O) groups excluding carboxylic acids is 1. The van der Waals surface area contributed by atoms with Crippen molar-refractivity contribution in [3.63, 3.8) is 0 Å². The van der Waals surface area contributed by atoms with Gasteiger partial charge in [0.1, 0.15) is 11.5 Å². The normalized spacial score (nSPS) is 10.4. The van der Waals surface area contributed by atoms with Crippen LogP contribution in [0.4, 0.5) is 11.4 Å². The van der Waals surface area contributed by atoms with Crippen LogP contribution in [0.25, 0.3) is 0 Å². The van der Waals surface area contributed by atoms with Gasteiger partial charge in [-0.3, -0.25) is 14.9 Å². The van der Waals surface area contributed by atoms with E-state index in [0.29, 0.717) is 24.0 Å². The van der Waals surface area contributed by atoms with Gasteiger partial charge in [0.25, 0.3) is 11.6 Å². The maximum absolute atomic E-state index is 11.9. The first kappa shape index (κ1) is 19.2. The van der Waals surface area contributed by atoms with Gasteiger partial charge in [0, 0.05) is 17.8 Å². The van der Waals surface area contributed by atoms with Crippen molar-refractivity contribution in [1.29, 1.82) is 0 Å². The molecule has 7 nitrogen and oxygen atoms in total. The van der Waals surface area contributed by atoms with Crippen LogP contribution in [0.3, 0.4) is 0 Å². The van der Waals surface area contributed by atoms with E-state index in [2.05, 4.69) is 19.2 Å². The van der Waals surface area contributed by atoms with E-state index in [1.165, 1.54) is 24.3 Å². The van der Waals surface area contributed by atoms with Gasteiger partial charge in [-0.15, -0.1) is 0 Å². The minimum atomic E-state index is -0.495. The van der Waals surface area contributed by atoms with Crippen LogP contribution in [0.2, 0.25) is 0 Å². The van der Waals surface area contributed by atoms with Gasteiger partial charge in [0.05, 0.1) is 11.5 Å². The highest BCUT2D eigenvalue weighted by Crippen LogP contribution is 2.19. The highest BCUT2D eigenvalue weighted by Gasteiger charge is 2.07. The molecule has 0 heterocycles. The number of nitro groups is 1. The van der Waals surface area contributed by atoms with Gasteiger partial charge < -0.3 is 14.8 Å². The first-order valence-corrected chi connectivity index (χ1v) is 8.34. The summed E-state index contributed by atoms with van der Waals surface area (Å²) in [5.74, 6) is 1.55. The smallest absolute Gasteiger partial charge is 0.269 e. The molecule has 0 spiro atoms. The maximum Gasteiger partial charge on any atom is 0.269 e. The topological polar surface area (TPSA) is 90.7 Å². The molecule has 0 unspecified atom stereocenters. The molecular weight excluding hydrogens is 336 g/mol. The highest BCUT2D eigenvalue weighted by molar-refractivity contribution is 5.91. The minimum Gasteiger partial charge on any atom is -0.494 e. The third kappa shape index (κ3) is 6.43. The molecule has 2 aromatic rings. The minimum absolute atomic E-state index is 0.0325. The van der Waals surface area contributed by atoms with Crippen LogP contribution in [0.1, 0.15) is 20.3 Å². The second-order valence-electron chi connectivity index (χ2n) is 6.14. The van der Waals surface area contributed by atoms with Crippen LogP contribution >= 0.6 is 0 Å². The van der Waals surface area contributed by atoms with Crippen molar-refractivity contribution < 1.29 is 19.2 Å². The van der Waals surface area contributed by atoms with Crippen molar-refractivity contribution in [2.24, 2.45) is 5.92 Å². The molecule has 1 N–H and O–H groups in total. The zero-order valence-corrected chi connectivity index (χ0v) is 14.8. The summed E-state index contributed by atoms with van der Waals surface area (Å²) in [7, 11) is 0. The van der Waals surface area contributed by atoms with Crippen molar-refractivity contribution in [2.75, 3.05) is 18.5 Å². The number of anilines is 1. The summed E-state index contributed by atoms with van der Waals surface area (Å²) in [6.07, 6.45) is 0.987. The van der Waals surface area contributed by atoms with E-state index in [0.717, 1.165) is 12.2 Å². The Labute approximate surface area is 152 Å². The standard InChI is InChI=1S/C19H22N2O5/c1-14(2)11-12-25-17-7-9-18(10-8-17)26-13-19(22)20-15-3-5-16(6-4-15)21(23)24/h3-10,14H,11-13H2,1-2H3,(H,20,22). The molecule has 0 atom stereocenters. The second-order valence-corrected chi connectivity index (χ2v) is 6.14. The largest absolute Gasteiger partial charge is 0.494 e. The Hall–Kier alpha value is -3.09. The fourth-order valence-electron chi connectivity index (χ4n) is 2.06. The Morgan fingerprint density at radius 3 is 2.15 bits per heavy atom. The quantitative estimate of drug-likeness (QED) is 0.540. The summed E-state index contributed by atoms with van der Waals surface area (Å²) in [5.41, 5.74) is 0.438. The lowest BCUT2D eigenvalue weighted by atomic mass is 10.1. The predicted octanol–water partition coefficient (Wildman–Crippen LogP) is 4.04. The molecule has 0 radical (unpaired) electrons. The van der Waals surface area contributed by atoms with E-state index in [-0.39, 0.29) is 18.2 Å². The van der Waals surface area contributed by atoms with Crippen LogP contribution < -0.4 is 14.8 Å². The fourth-order valence-corrected chi connectivity index (χ4v) is 2.06. The van der Waals surface area contributed by atoms with E-state index in [4.69, 9.17) is 9.47 Å². The van der Waals surface area contributed by atoms with Gasteiger partial charge in [-0.2, -0.15) is 0 Å². The molecule has 7 heteroatoms. The maximum atomic E-state index is 11.9. The van der Waals surface area contributed by atoms with Gasteiger partial charge >= 0.3 is 0 Å².